The molecule has 1 aromatic rings. The van der Waals surface area contributed by atoms with E-state index in [9.17, 15) is 18.9 Å². The van der Waals surface area contributed by atoms with E-state index in [0.717, 1.165) is 5.56 Å². The van der Waals surface area contributed by atoms with E-state index in [1.807, 2.05) is 30.3 Å². The van der Waals surface area contributed by atoms with Crippen molar-refractivity contribution in [1.82, 2.24) is 10.4 Å². The van der Waals surface area contributed by atoms with Gasteiger partial charge in [0.1, 0.15) is 12.8 Å². The molecule has 1 aliphatic heterocycles. The Balaban J connectivity index is 1.96. The van der Waals surface area contributed by atoms with Crippen LogP contribution in [0.1, 0.15) is 32.8 Å². The Kier molecular flexibility index (Phi) is 9.60. The zero-order chi connectivity index (χ0) is 24.6. The molecule has 1 heterocycles. The number of hydrogen-bond acceptors (Lipinski definition) is 9. The normalized spacial score (nSPS) is 15.9. The monoisotopic (exact) mass is 484 g/mol. The molecule has 0 bridgehead atoms. The first kappa shape index (κ1) is 27.0. The maximum Gasteiger partial charge on any atom is 0.408 e. The lowest BCUT2D eigenvalue weighted by atomic mass is 9.92. The second-order valence-corrected chi connectivity index (χ2v) is 11.2. The van der Waals surface area contributed by atoms with Gasteiger partial charge in [0.25, 0.3) is 0 Å². The van der Waals surface area contributed by atoms with Gasteiger partial charge in [0.2, 0.25) is 0 Å². The van der Waals surface area contributed by atoms with Gasteiger partial charge in [-0.1, -0.05) is 30.3 Å². The largest absolute Gasteiger partial charge is 0.445 e. The van der Waals surface area contributed by atoms with Gasteiger partial charge in [0.05, 0.1) is 11.5 Å². The highest BCUT2D eigenvalue weighted by Gasteiger charge is 2.38. The molecule has 0 spiro atoms. The summed E-state index contributed by atoms with van der Waals surface area (Å²) in [6.45, 7) is 6.15. The van der Waals surface area contributed by atoms with Gasteiger partial charge in [-0.2, -0.15) is 0 Å². The average Bonchev–Trinajstić information content (AvgIpc) is 2.75. The van der Waals surface area contributed by atoms with Gasteiger partial charge in [0, 0.05) is 27.3 Å². The lowest BCUT2D eigenvalue weighted by molar-refractivity contribution is -0.229. The number of Topliss-reactive ketones (excluding diaryl/α,β-unsaturated/α-hetero) is 1. The Labute approximate surface area is 194 Å². The van der Waals surface area contributed by atoms with E-state index in [2.05, 4.69) is 5.32 Å². The molecule has 1 saturated heterocycles. The van der Waals surface area contributed by atoms with Gasteiger partial charge in [-0.05, 0) is 38.7 Å². The van der Waals surface area contributed by atoms with Crippen LogP contribution in [0.4, 0.5) is 4.79 Å². The smallest absolute Gasteiger partial charge is 0.408 e. The minimum Gasteiger partial charge on any atom is -0.445 e. The first-order valence-corrected chi connectivity index (χ1v) is 12.4. The second kappa shape index (κ2) is 11.7. The molecule has 11 heteroatoms. The molecule has 1 unspecified atom stereocenters. The highest BCUT2D eigenvalue weighted by atomic mass is 31.2. The van der Waals surface area contributed by atoms with Crippen molar-refractivity contribution >= 4 is 25.4 Å². The van der Waals surface area contributed by atoms with E-state index < -0.39 is 37.1 Å². The summed E-state index contributed by atoms with van der Waals surface area (Å²) in [5, 5.41) is 4.08. The summed E-state index contributed by atoms with van der Waals surface area (Å²) in [5.74, 6) is -0.869. The minimum absolute atomic E-state index is 0.0226. The maximum absolute atomic E-state index is 12.9. The molecular formula is C22H33N2O8P. The number of nitrogens with zero attached hydrogens (tertiary/aromatic N) is 1. The number of rotatable bonds is 11. The maximum atomic E-state index is 12.9. The van der Waals surface area contributed by atoms with E-state index in [-0.39, 0.29) is 24.9 Å². The Bertz CT molecular complexity index is 857. The standard InChI is InChI=1S/C22H33N2O8P/c1-22(2,3)20(26)32-24-12-17(13-24)11-18(19(25)15-33(28,29-4)30-5)23-21(27)31-14-16-9-7-6-8-10-16/h6-10,17-18H,11-15H2,1-5H3,(H,23,27). The first-order chi connectivity index (χ1) is 15.5. The van der Waals surface area contributed by atoms with Crippen molar-refractivity contribution in [3.05, 3.63) is 35.9 Å². The van der Waals surface area contributed by atoms with Crippen molar-refractivity contribution in [3.63, 3.8) is 0 Å². The van der Waals surface area contributed by atoms with E-state index in [1.165, 1.54) is 19.3 Å². The van der Waals surface area contributed by atoms with Crippen LogP contribution in [-0.4, -0.2) is 62.4 Å². The molecule has 1 fully saturated rings. The van der Waals surface area contributed by atoms with Crippen LogP contribution in [0.15, 0.2) is 30.3 Å². The van der Waals surface area contributed by atoms with Crippen molar-refractivity contribution < 1.29 is 37.6 Å². The summed E-state index contributed by atoms with van der Waals surface area (Å²) in [5.41, 5.74) is 0.170. The third-order valence-electron chi connectivity index (χ3n) is 5.12. The molecule has 0 aliphatic carbocycles. The fraction of sp³-hybridized carbons (Fsp3) is 0.591. The highest BCUT2D eigenvalue weighted by molar-refractivity contribution is 7.54. The summed E-state index contributed by atoms with van der Waals surface area (Å²) in [4.78, 5) is 42.5. The Morgan fingerprint density at radius 3 is 2.27 bits per heavy atom. The van der Waals surface area contributed by atoms with Crippen LogP contribution in [-0.2, 0) is 39.4 Å². The quantitative estimate of drug-likeness (QED) is 0.472. The van der Waals surface area contributed by atoms with Crippen LogP contribution < -0.4 is 5.32 Å². The fourth-order valence-corrected chi connectivity index (χ4v) is 4.03. The minimum atomic E-state index is -3.60. The predicted molar refractivity (Wildman–Crippen MR) is 120 cm³/mol. The number of amides is 1. The zero-order valence-corrected chi connectivity index (χ0v) is 20.6. The lowest BCUT2D eigenvalue weighted by Crippen LogP contribution is -2.53. The molecule has 33 heavy (non-hydrogen) atoms. The summed E-state index contributed by atoms with van der Waals surface area (Å²) < 4.78 is 27.4. The summed E-state index contributed by atoms with van der Waals surface area (Å²) in [6, 6.07) is 8.16. The van der Waals surface area contributed by atoms with Gasteiger partial charge in [-0.25, -0.2) is 9.59 Å². The third-order valence-corrected chi connectivity index (χ3v) is 6.93. The predicted octanol–water partition coefficient (Wildman–Crippen LogP) is 3.16. The van der Waals surface area contributed by atoms with Gasteiger partial charge in [0.15, 0.2) is 5.78 Å². The third kappa shape index (κ3) is 8.55. The van der Waals surface area contributed by atoms with Crippen LogP contribution in [0, 0.1) is 11.3 Å². The number of carbonyl (C=O) groups is 3. The Hall–Kier alpha value is -2.26. The molecule has 0 saturated carbocycles. The van der Waals surface area contributed by atoms with Crippen molar-refractivity contribution in [2.24, 2.45) is 11.3 Å². The second-order valence-electron chi connectivity index (χ2n) is 8.94. The van der Waals surface area contributed by atoms with Crippen LogP contribution in [0.3, 0.4) is 0 Å². The Morgan fingerprint density at radius 2 is 1.73 bits per heavy atom. The number of carbonyl (C=O) groups excluding carboxylic acids is 3. The van der Waals surface area contributed by atoms with Crippen LogP contribution in [0.2, 0.25) is 0 Å². The molecular weight excluding hydrogens is 451 g/mol. The van der Waals surface area contributed by atoms with Crippen LogP contribution in [0.25, 0.3) is 0 Å². The van der Waals surface area contributed by atoms with Crippen LogP contribution in [0.5, 0.6) is 0 Å². The van der Waals surface area contributed by atoms with Crippen LogP contribution >= 0.6 is 7.60 Å². The molecule has 10 nitrogen and oxygen atoms in total. The van der Waals surface area contributed by atoms with Crippen molar-refractivity contribution in [1.29, 1.82) is 0 Å². The summed E-state index contributed by atoms with van der Waals surface area (Å²) in [6.07, 6.45) is -0.993. The zero-order valence-electron chi connectivity index (χ0n) is 19.7. The Morgan fingerprint density at radius 1 is 1.12 bits per heavy atom. The van der Waals surface area contributed by atoms with Gasteiger partial charge < -0.3 is 23.9 Å². The fourth-order valence-electron chi connectivity index (χ4n) is 3.02. The number of nitrogens with one attached hydrogen (secondary N) is 1. The molecule has 1 atom stereocenters. The molecule has 0 radical (unpaired) electrons. The van der Waals surface area contributed by atoms with E-state index >= 15 is 0 Å². The summed E-state index contributed by atoms with van der Waals surface area (Å²) >= 11 is 0. The molecule has 1 aliphatic rings. The summed E-state index contributed by atoms with van der Waals surface area (Å²) in [7, 11) is -1.21. The molecule has 1 N–H and O–H groups in total. The van der Waals surface area contributed by atoms with E-state index in [1.54, 1.807) is 20.8 Å². The first-order valence-electron chi connectivity index (χ1n) is 10.6. The molecule has 1 amide bonds. The topological polar surface area (TPSA) is 120 Å². The van der Waals surface area contributed by atoms with Gasteiger partial charge in [-0.3, -0.25) is 9.36 Å². The van der Waals surface area contributed by atoms with E-state index in [0.29, 0.717) is 13.1 Å². The molecule has 0 aromatic heterocycles. The van der Waals surface area contributed by atoms with Crippen molar-refractivity contribution in [3.8, 4) is 0 Å². The SMILES string of the molecule is COP(=O)(CC(=O)C(CC1CN(OC(=O)C(C)(C)C)C1)NC(=O)OCc1ccccc1)OC. The number of hydrogen-bond donors (Lipinski definition) is 1. The van der Waals surface area contributed by atoms with E-state index in [4.69, 9.17) is 18.6 Å². The van der Waals surface area contributed by atoms with Crippen molar-refractivity contribution in [2.75, 3.05) is 33.5 Å². The molecule has 2 rings (SSSR count). The lowest BCUT2D eigenvalue weighted by Gasteiger charge is -2.39. The average molecular weight is 484 g/mol. The molecule has 184 valence electrons. The number of alkyl carbamates (subject to hydrolysis) is 1. The van der Waals surface area contributed by atoms with Gasteiger partial charge >= 0.3 is 19.7 Å². The van der Waals surface area contributed by atoms with Gasteiger partial charge in [-0.15, -0.1) is 5.06 Å². The molecule has 1 aromatic carbocycles. The number of benzene rings is 1. The number of ether oxygens (including phenoxy) is 1. The highest BCUT2D eigenvalue weighted by Crippen LogP contribution is 2.46. The van der Waals surface area contributed by atoms with Crippen molar-refractivity contribution in [2.45, 2.75) is 39.8 Å². The number of hydroxylamine groups is 2. The number of ketones is 1.